The van der Waals surface area contributed by atoms with Crippen molar-refractivity contribution in [3.63, 3.8) is 0 Å². The minimum atomic E-state index is -0.821. The minimum absolute atomic E-state index is 0.113. The summed E-state index contributed by atoms with van der Waals surface area (Å²) in [5, 5.41) is 5.46. The van der Waals surface area contributed by atoms with Gasteiger partial charge in [-0.2, -0.15) is 0 Å². The van der Waals surface area contributed by atoms with Gasteiger partial charge in [-0.25, -0.2) is 0 Å². The van der Waals surface area contributed by atoms with E-state index in [1.807, 2.05) is 30.3 Å². The van der Waals surface area contributed by atoms with Crippen LogP contribution in [0.15, 0.2) is 30.3 Å². The number of nitrogens with zero attached hydrogens (tertiary/aromatic N) is 1. The van der Waals surface area contributed by atoms with Gasteiger partial charge in [-0.3, -0.25) is 14.4 Å². The van der Waals surface area contributed by atoms with E-state index in [-0.39, 0.29) is 43.0 Å². The van der Waals surface area contributed by atoms with Gasteiger partial charge in [0.15, 0.2) is 5.11 Å². The van der Waals surface area contributed by atoms with Crippen molar-refractivity contribution in [2.45, 2.75) is 18.9 Å². The summed E-state index contributed by atoms with van der Waals surface area (Å²) in [6, 6.07) is 8.43. The van der Waals surface area contributed by atoms with Crippen LogP contribution in [-0.4, -0.2) is 67.3 Å². The third-order valence-corrected chi connectivity index (χ3v) is 4.29. The Morgan fingerprint density at radius 3 is 2.74 bits per heavy atom. The van der Waals surface area contributed by atoms with E-state index in [9.17, 15) is 14.4 Å². The number of carbonyl (C=O) groups is 3. The summed E-state index contributed by atoms with van der Waals surface area (Å²) in [5.74, 6) is -1.14. The highest BCUT2D eigenvalue weighted by molar-refractivity contribution is 7.80. The van der Waals surface area contributed by atoms with E-state index in [0.717, 1.165) is 5.56 Å². The third-order valence-electron chi connectivity index (χ3n) is 3.96. The predicted octanol–water partition coefficient (Wildman–Crippen LogP) is 0.0103. The Bertz CT molecular complexity index is 683. The van der Waals surface area contributed by atoms with E-state index in [4.69, 9.17) is 21.7 Å². The average molecular weight is 393 g/mol. The number of piperazine rings is 1. The summed E-state index contributed by atoms with van der Waals surface area (Å²) >= 11 is 5.30. The van der Waals surface area contributed by atoms with Crippen LogP contribution < -0.4 is 10.6 Å². The molecule has 1 aromatic carbocycles. The van der Waals surface area contributed by atoms with Gasteiger partial charge < -0.3 is 25.0 Å². The molecular formula is C18H23N3O5S. The number of hydrogen-bond donors (Lipinski definition) is 2. The van der Waals surface area contributed by atoms with Crippen LogP contribution in [0, 0.1) is 0 Å². The molecule has 1 saturated heterocycles. The SMILES string of the molecule is COCCOC(=O)CC1C(=O)NCCN1C(=S)NC(=O)Cc1ccccc1. The molecular weight excluding hydrogens is 370 g/mol. The van der Waals surface area contributed by atoms with E-state index in [1.54, 1.807) is 4.90 Å². The molecule has 1 heterocycles. The predicted molar refractivity (Wildman–Crippen MR) is 102 cm³/mol. The van der Waals surface area contributed by atoms with Gasteiger partial charge in [0.1, 0.15) is 12.6 Å². The zero-order chi connectivity index (χ0) is 19.6. The lowest BCUT2D eigenvalue weighted by Gasteiger charge is -2.36. The van der Waals surface area contributed by atoms with Crippen LogP contribution in [0.1, 0.15) is 12.0 Å². The number of rotatable bonds is 7. The summed E-state index contributed by atoms with van der Waals surface area (Å²) in [5.41, 5.74) is 0.854. The smallest absolute Gasteiger partial charge is 0.308 e. The second kappa shape index (κ2) is 10.6. The first-order chi connectivity index (χ1) is 13.0. The van der Waals surface area contributed by atoms with E-state index in [1.165, 1.54) is 7.11 Å². The Morgan fingerprint density at radius 1 is 1.30 bits per heavy atom. The monoisotopic (exact) mass is 393 g/mol. The first kappa shape index (κ1) is 20.8. The van der Waals surface area contributed by atoms with Gasteiger partial charge in [0.25, 0.3) is 0 Å². The quantitative estimate of drug-likeness (QED) is 0.383. The second-order valence-electron chi connectivity index (χ2n) is 5.93. The Balaban J connectivity index is 1.93. The fourth-order valence-electron chi connectivity index (χ4n) is 2.63. The zero-order valence-electron chi connectivity index (χ0n) is 15.1. The highest BCUT2D eigenvalue weighted by Crippen LogP contribution is 2.11. The van der Waals surface area contributed by atoms with E-state index in [2.05, 4.69) is 10.6 Å². The number of thiocarbonyl (C=S) groups is 1. The molecule has 1 atom stereocenters. The number of benzene rings is 1. The molecule has 27 heavy (non-hydrogen) atoms. The standard InChI is InChI=1S/C18H23N3O5S/c1-25-9-10-26-16(23)12-14-17(24)19-7-8-21(14)18(27)20-15(22)11-13-5-3-2-4-6-13/h2-6,14H,7-12H2,1H3,(H,19,24)(H,20,22,27). The van der Waals surface area contributed by atoms with Crippen LogP contribution in [0.25, 0.3) is 0 Å². The maximum Gasteiger partial charge on any atom is 0.308 e. The van der Waals surface area contributed by atoms with Crippen molar-refractivity contribution < 1.29 is 23.9 Å². The van der Waals surface area contributed by atoms with Gasteiger partial charge in [-0.15, -0.1) is 0 Å². The van der Waals surface area contributed by atoms with Crippen molar-refractivity contribution in [1.29, 1.82) is 0 Å². The Labute approximate surface area is 163 Å². The summed E-state index contributed by atoms with van der Waals surface area (Å²) in [6.45, 7) is 1.16. The average Bonchev–Trinajstić information content (AvgIpc) is 2.64. The van der Waals surface area contributed by atoms with Gasteiger partial charge in [0.05, 0.1) is 19.4 Å². The number of methoxy groups -OCH3 is 1. The number of esters is 1. The van der Waals surface area contributed by atoms with Crippen molar-refractivity contribution >= 4 is 35.1 Å². The lowest BCUT2D eigenvalue weighted by atomic mass is 10.1. The highest BCUT2D eigenvalue weighted by Gasteiger charge is 2.34. The number of ether oxygens (including phenoxy) is 2. The van der Waals surface area contributed by atoms with Crippen LogP contribution >= 0.6 is 12.2 Å². The molecule has 0 spiro atoms. The van der Waals surface area contributed by atoms with Crippen molar-refractivity contribution in [2.24, 2.45) is 0 Å². The van der Waals surface area contributed by atoms with Crippen LogP contribution in [0.4, 0.5) is 0 Å². The highest BCUT2D eigenvalue weighted by atomic mass is 32.1. The van der Waals surface area contributed by atoms with Gasteiger partial charge in [-0.1, -0.05) is 30.3 Å². The van der Waals surface area contributed by atoms with Crippen molar-refractivity contribution in [1.82, 2.24) is 15.5 Å². The van der Waals surface area contributed by atoms with Gasteiger partial charge in [0.2, 0.25) is 11.8 Å². The second-order valence-corrected chi connectivity index (χ2v) is 6.32. The summed E-state index contributed by atoms with van der Waals surface area (Å²) in [6.07, 6.45) is 0.00891. The molecule has 1 aliphatic rings. The van der Waals surface area contributed by atoms with Gasteiger partial charge in [0, 0.05) is 20.2 Å². The molecule has 146 valence electrons. The summed E-state index contributed by atoms with van der Waals surface area (Å²) in [4.78, 5) is 37.9. The Kier molecular flexibility index (Phi) is 8.15. The molecule has 1 aliphatic heterocycles. The molecule has 2 amide bonds. The zero-order valence-corrected chi connectivity index (χ0v) is 15.9. The molecule has 1 fully saturated rings. The number of nitrogens with one attached hydrogen (secondary N) is 2. The van der Waals surface area contributed by atoms with Crippen molar-refractivity contribution in [3.05, 3.63) is 35.9 Å². The van der Waals surface area contributed by atoms with Gasteiger partial charge in [-0.05, 0) is 17.8 Å². The molecule has 1 aromatic rings. The van der Waals surface area contributed by atoms with Crippen LogP contribution in [0.2, 0.25) is 0 Å². The summed E-state index contributed by atoms with van der Waals surface area (Å²) < 4.78 is 9.84. The normalized spacial score (nSPS) is 16.4. The largest absolute Gasteiger partial charge is 0.463 e. The molecule has 0 saturated carbocycles. The van der Waals surface area contributed by atoms with Crippen LogP contribution in [-0.2, 0) is 30.3 Å². The van der Waals surface area contributed by atoms with Crippen molar-refractivity contribution in [2.75, 3.05) is 33.4 Å². The number of hydrogen-bond acceptors (Lipinski definition) is 6. The molecule has 8 nitrogen and oxygen atoms in total. The molecule has 0 bridgehead atoms. The Hall–Kier alpha value is -2.52. The van der Waals surface area contributed by atoms with E-state index >= 15 is 0 Å². The number of amides is 2. The van der Waals surface area contributed by atoms with Crippen LogP contribution in [0.5, 0.6) is 0 Å². The molecule has 0 radical (unpaired) electrons. The molecule has 1 unspecified atom stereocenters. The maximum absolute atomic E-state index is 12.2. The fourth-order valence-corrected chi connectivity index (χ4v) is 2.97. The van der Waals surface area contributed by atoms with Crippen molar-refractivity contribution in [3.8, 4) is 0 Å². The molecule has 2 N–H and O–H groups in total. The lowest BCUT2D eigenvalue weighted by molar-refractivity contribution is -0.148. The first-order valence-corrected chi connectivity index (χ1v) is 8.98. The topological polar surface area (TPSA) is 97.0 Å². The molecule has 9 heteroatoms. The third kappa shape index (κ3) is 6.61. The molecule has 0 aliphatic carbocycles. The fraction of sp³-hybridized carbons (Fsp3) is 0.444. The minimum Gasteiger partial charge on any atom is -0.463 e. The molecule has 0 aromatic heterocycles. The Morgan fingerprint density at radius 2 is 2.04 bits per heavy atom. The number of carbonyl (C=O) groups excluding carboxylic acids is 3. The van der Waals surface area contributed by atoms with Gasteiger partial charge >= 0.3 is 5.97 Å². The summed E-state index contributed by atoms with van der Waals surface area (Å²) in [7, 11) is 1.50. The van der Waals surface area contributed by atoms with E-state index in [0.29, 0.717) is 13.1 Å². The molecule has 2 rings (SSSR count). The first-order valence-electron chi connectivity index (χ1n) is 8.58. The van der Waals surface area contributed by atoms with E-state index < -0.39 is 12.0 Å². The maximum atomic E-state index is 12.2. The lowest BCUT2D eigenvalue weighted by Crippen LogP contribution is -2.60. The van der Waals surface area contributed by atoms with Crippen LogP contribution in [0.3, 0.4) is 0 Å².